The fourth-order valence-corrected chi connectivity index (χ4v) is 2.32. The third-order valence-electron chi connectivity index (χ3n) is 2.63. The van der Waals surface area contributed by atoms with Crippen molar-refractivity contribution in [1.82, 2.24) is 10.4 Å². The van der Waals surface area contributed by atoms with Gasteiger partial charge in [0.25, 0.3) is 0 Å². The van der Waals surface area contributed by atoms with E-state index in [4.69, 9.17) is 39.5 Å². The normalized spacial score (nSPS) is 17.4. The van der Waals surface area contributed by atoms with Gasteiger partial charge in [-0.3, -0.25) is 5.43 Å². The largest absolute Gasteiger partial charge is 0.379 e. The molecule has 0 spiro atoms. The first-order valence-corrected chi connectivity index (χ1v) is 6.50. The molecule has 0 aliphatic carbocycles. The highest BCUT2D eigenvalue weighted by Gasteiger charge is 2.13. The monoisotopic (exact) mass is 294 g/mol. The molecular formula is C11H13Cl3N2O. The number of nitrogens with one attached hydrogen (secondary N) is 1. The maximum atomic E-state index is 6.12. The average molecular weight is 296 g/mol. The zero-order chi connectivity index (χ0) is 12.3. The van der Waals surface area contributed by atoms with Crippen LogP contribution < -0.4 is 5.43 Å². The molecule has 1 aromatic rings. The van der Waals surface area contributed by atoms with E-state index in [2.05, 4.69) is 10.4 Å². The molecule has 6 heteroatoms. The lowest BCUT2D eigenvalue weighted by molar-refractivity contribution is 0.0106. The predicted molar refractivity (Wildman–Crippen MR) is 70.7 cm³/mol. The second-order valence-corrected chi connectivity index (χ2v) is 4.95. The highest BCUT2D eigenvalue weighted by molar-refractivity contribution is 6.44. The van der Waals surface area contributed by atoms with Gasteiger partial charge in [-0.05, 0) is 12.1 Å². The summed E-state index contributed by atoms with van der Waals surface area (Å²) in [5.41, 5.74) is 4.10. The lowest BCUT2D eigenvalue weighted by atomic mass is 10.2. The summed E-state index contributed by atoms with van der Waals surface area (Å²) in [4.78, 5) is 0. The molecule has 0 atom stereocenters. The minimum absolute atomic E-state index is 0.514. The van der Waals surface area contributed by atoms with Crippen molar-refractivity contribution in [3.05, 3.63) is 32.8 Å². The first-order chi connectivity index (χ1) is 8.18. The highest BCUT2D eigenvalue weighted by atomic mass is 35.5. The predicted octanol–water partition coefficient (Wildman–Crippen LogP) is 2.98. The van der Waals surface area contributed by atoms with Crippen LogP contribution in [0.5, 0.6) is 0 Å². The molecule has 0 aromatic heterocycles. The van der Waals surface area contributed by atoms with E-state index < -0.39 is 0 Å². The van der Waals surface area contributed by atoms with Crippen LogP contribution in [0, 0.1) is 0 Å². The Morgan fingerprint density at radius 1 is 1.12 bits per heavy atom. The zero-order valence-corrected chi connectivity index (χ0v) is 11.4. The summed E-state index contributed by atoms with van der Waals surface area (Å²) in [6.45, 7) is 3.76. The molecule has 94 valence electrons. The highest BCUT2D eigenvalue weighted by Crippen LogP contribution is 2.31. The van der Waals surface area contributed by atoms with Crippen molar-refractivity contribution in [2.45, 2.75) is 6.54 Å². The maximum Gasteiger partial charge on any atom is 0.0652 e. The molecule has 0 bridgehead atoms. The van der Waals surface area contributed by atoms with Crippen molar-refractivity contribution in [2.24, 2.45) is 0 Å². The van der Waals surface area contributed by atoms with Crippen LogP contribution >= 0.6 is 34.8 Å². The molecule has 1 aliphatic rings. The maximum absolute atomic E-state index is 6.12. The molecule has 0 unspecified atom stereocenters. The van der Waals surface area contributed by atoms with E-state index >= 15 is 0 Å². The van der Waals surface area contributed by atoms with Gasteiger partial charge in [0.15, 0.2) is 0 Å². The van der Waals surface area contributed by atoms with Gasteiger partial charge in [-0.15, -0.1) is 0 Å². The number of hydrazine groups is 1. The smallest absolute Gasteiger partial charge is 0.0652 e. The summed E-state index contributed by atoms with van der Waals surface area (Å²) in [5, 5.41) is 3.76. The molecule has 1 heterocycles. The second-order valence-electron chi connectivity index (χ2n) is 3.76. The number of halogens is 3. The molecule has 0 radical (unpaired) electrons. The van der Waals surface area contributed by atoms with E-state index in [1.165, 1.54) is 0 Å². The first kappa shape index (κ1) is 13.4. The molecule has 1 aliphatic heterocycles. The number of hydrogen-bond donors (Lipinski definition) is 1. The number of ether oxygens (including phenoxy) is 1. The molecular weight excluding hydrogens is 282 g/mol. The number of hydrogen-bond acceptors (Lipinski definition) is 3. The van der Waals surface area contributed by atoms with Crippen molar-refractivity contribution < 1.29 is 4.74 Å². The summed E-state index contributed by atoms with van der Waals surface area (Å²) in [6.07, 6.45) is 0. The Labute approximate surface area is 116 Å². The second kappa shape index (κ2) is 6.23. The van der Waals surface area contributed by atoms with Gasteiger partial charge in [0.2, 0.25) is 0 Å². The average Bonchev–Trinajstić information content (AvgIpc) is 2.35. The van der Waals surface area contributed by atoms with Crippen LogP contribution in [0.1, 0.15) is 5.56 Å². The lowest BCUT2D eigenvalue weighted by Gasteiger charge is -2.27. The summed E-state index contributed by atoms with van der Waals surface area (Å²) < 4.78 is 5.26. The number of nitrogens with zero attached hydrogens (tertiary/aromatic N) is 1. The van der Waals surface area contributed by atoms with Crippen LogP contribution in [-0.4, -0.2) is 31.3 Å². The van der Waals surface area contributed by atoms with Crippen molar-refractivity contribution >= 4 is 34.8 Å². The Morgan fingerprint density at radius 3 is 2.47 bits per heavy atom. The fraction of sp³-hybridized carbons (Fsp3) is 0.455. The Morgan fingerprint density at radius 2 is 1.76 bits per heavy atom. The van der Waals surface area contributed by atoms with Crippen LogP contribution in [0.2, 0.25) is 15.1 Å². The van der Waals surface area contributed by atoms with Gasteiger partial charge in [0.1, 0.15) is 0 Å². The molecule has 1 fully saturated rings. The van der Waals surface area contributed by atoms with Gasteiger partial charge >= 0.3 is 0 Å². The summed E-state index contributed by atoms with van der Waals surface area (Å²) in [6, 6.07) is 3.45. The van der Waals surface area contributed by atoms with Crippen molar-refractivity contribution in [1.29, 1.82) is 0 Å². The van der Waals surface area contributed by atoms with Gasteiger partial charge in [-0.2, -0.15) is 0 Å². The minimum Gasteiger partial charge on any atom is -0.379 e. The molecule has 1 saturated heterocycles. The number of rotatable bonds is 3. The zero-order valence-electron chi connectivity index (χ0n) is 9.18. The topological polar surface area (TPSA) is 24.5 Å². The standard InChI is InChI=1S/C11H13Cl3N2O/c12-9-1-2-10(13)11(14)8(9)7-15-16-3-5-17-6-4-16/h1-2,15H,3-7H2. The van der Waals surface area contributed by atoms with Gasteiger partial charge in [0.05, 0.1) is 23.3 Å². The molecule has 3 nitrogen and oxygen atoms in total. The third kappa shape index (κ3) is 3.47. The van der Waals surface area contributed by atoms with Crippen LogP contribution in [0.25, 0.3) is 0 Å². The van der Waals surface area contributed by atoms with Crippen LogP contribution in [-0.2, 0) is 11.3 Å². The summed E-state index contributed by atoms with van der Waals surface area (Å²) >= 11 is 18.2. The minimum atomic E-state index is 0.514. The lowest BCUT2D eigenvalue weighted by Crippen LogP contribution is -2.45. The fourth-order valence-electron chi connectivity index (χ4n) is 1.64. The van der Waals surface area contributed by atoms with Crippen molar-refractivity contribution in [3.8, 4) is 0 Å². The molecule has 0 amide bonds. The Bertz CT molecular complexity index is 395. The number of morpholine rings is 1. The van der Waals surface area contributed by atoms with Gasteiger partial charge in [0, 0.05) is 30.2 Å². The Balaban J connectivity index is 2.00. The molecule has 1 N–H and O–H groups in total. The first-order valence-electron chi connectivity index (χ1n) is 5.37. The van der Waals surface area contributed by atoms with Crippen LogP contribution in [0.3, 0.4) is 0 Å². The third-order valence-corrected chi connectivity index (χ3v) is 3.83. The van der Waals surface area contributed by atoms with Gasteiger partial charge in [-0.25, -0.2) is 5.01 Å². The Hall–Kier alpha value is -0.0300. The van der Waals surface area contributed by atoms with E-state index in [-0.39, 0.29) is 0 Å². The van der Waals surface area contributed by atoms with E-state index in [1.54, 1.807) is 12.1 Å². The van der Waals surface area contributed by atoms with E-state index in [9.17, 15) is 0 Å². The SMILES string of the molecule is Clc1ccc(Cl)c(CNN2CCOCC2)c1Cl. The van der Waals surface area contributed by atoms with Crippen molar-refractivity contribution in [2.75, 3.05) is 26.3 Å². The van der Waals surface area contributed by atoms with Crippen LogP contribution in [0.15, 0.2) is 12.1 Å². The van der Waals surface area contributed by atoms with E-state index in [1.807, 2.05) is 0 Å². The van der Waals surface area contributed by atoms with Crippen LogP contribution in [0.4, 0.5) is 0 Å². The molecule has 2 rings (SSSR count). The summed E-state index contributed by atoms with van der Waals surface area (Å²) in [5.74, 6) is 0. The van der Waals surface area contributed by atoms with E-state index in [0.29, 0.717) is 21.6 Å². The quantitative estimate of drug-likeness (QED) is 0.868. The Kier molecular flexibility index (Phi) is 4.91. The summed E-state index contributed by atoms with van der Waals surface area (Å²) in [7, 11) is 0. The molecule has 1 aromatic carbocycles. The van der Waals surface area contributed by atoms with E-state index in [0.717, 1.165) is 31.9 Å². The van der Waals surface area contributed by atoms with Gasteiger partial charge in [-0.1, -0.05) is 34.8 Å². The number of benzene rings is 1. The van der Waals surface area contributed by atoms with Crippen molar-refractivity contribution in [3.63, 3.8) is 0 Å². The van der Waals surface area contributed by atoms with Gasteiger partial charge < -0.3 is 4.74 Å². The molecule has 0 saturated carbocycles. The molecule has 17 heavy (non-hydrogen) atoms.